The largest absolute Gasteiger partial charge is 0.507 e. The van der Waals surface area contributed by atoms with Gasteiger partial charge in [0.25, 0.3) is 5.91 Å². The first-order chi connectivity index (χ1) is 23.3. The Kier molecular flexibility index (Phi) is 12.1. The summed E-state index contributed by atoms with van der Waals surface area (Å²) in [6, 6.07) is 1.67. The van der Waals surface area contributed by atoms with E-state index in [1.807, 2.05) is 0 Å². The monoisotopic (exact) mass is 707 g/mol. The molecule has 7 atom stereocenters. The molecule has 1 aromatic rings. The number of ether oxygens (including phenoxy) is 2. The zero-order chi connectivity index (χ0) is 37.2. The van der Waals surface area contributed by atoms with Gasteiger partial charge < -0.3 is 55.9 Å². The lowest BCUT2D eigenvalue weighted by Gasteiger charge is -2.49. The van der Waals surface area contributed by atoms with E-state index in [1.54, 1.807) is 39.5 Å². The highest BCUT2D eigenvalue weighted by Crippen LogP contribution is 2.37. The van der Waals surface area contributed by atoms with Crippen LogP contribution in [0.4, 0.5) is 4.79 Å². The number of benzene rings is 1. The lowest BCUT2D eigenvalue weighted by Crippen LogP contribution is -2.68. The summed E-state index contributed by atoms with van der Waals surface area (Å²) < 4.78 is 11.7. The van der Waals surface area contributed by atoms with Gasteiger partial charge in [-0.3, -0.25) is 14.5 Å². The first-order valence-corrected chi connectivity index (χ1v) is 17.0. The van der Waals surface area contributed by atoms with Crippen LogP contribution in [-0.4, -0.2) is 152 Å². The fourth-order valence-electron chi connectivity index (χ4n) is 7.18. The molecule has 0 saturated carbocycles. The lowest BCUT2D eigenvalue weighted by atomic mass is 9.81. The third kappa shape index (κ3) is 8.84. The number of nitrogens with one attached hydrogen (secondary N) is 3. The van der Waals surface area contributed by atoms with Crippen LogP contribution in [0.15, 0.2) is 12.1 Å². The SMILES string of the molecule is CC(=O)N[C@H]1[C@H]([C@H](O)[C@H](O)CNC(=O)c2cc(C)c(O)c(C)c2)O[C@@](CCN2CCNC[C@@]23CCN(C(=O)OC(C)(C)C)C3)(C(=O)O)C[C@@H]1O. The smallest absolute Gasteiger partial charge is 0.410 e. The molecule has 280 valence electrons. The predicted molar refractivity (Wildman–Crippen MR) is 180 cm³/mol. The highest BCUT2D eigenvalue weighted by atomic mass is 16.6. The van der Waals surface area contributed by atoms with Crippen molar-refractivity contribution in [3.63, 3.8) is 0 Å². The second-order valence-corrected chi connectivity index (χ2v) is 14.9. The number of rotatable bonds is 10. The van der Waals surface area contributed by atoms with Gasteiger partial charge in [-0.05, 0) is 64.3 Å². The number of carboxylic acids is 1. The fourth-order valence-corrected chi connectivity index (χ4v) is 7.18. The van der Waals surface area contributed by atoms with Gasteiger partial charge >= 0.3 is 12.1 Å². The average Bonchev–Trinajstić information content (AvgIpc) is 3.45. The van der Waals surface area contributed by atoms with Crippen LogP contribution < -0.4 is 16.0 Å². The molecule has 3 saturated heterocycles. The van der Waals surface area contributed by atoms with Gasteiger partial charge in [-0.15, -0.1) is 0 Å². The van der Waals surface area contributed by atoms with E-state index in [0.717, 1.165) is 0 Å². The number of carbonyl (C=O) groups excluding carboxylic acids is 3. The number of hydrogen-bond acceptors (Lipinski definition) is 12. The van der Waals surface area contributed by atoms with Gasteiger partial charge in [0.05, 0.1) is 23.8 Å². The minimum absolute atomic E-state index is 0.0501. The van der Waals surface area contributed by atoms with Crippen molar-refractivity contribution in [1.29, 1.82) is 0 Å². The molecule has 0 aliphatic carbocycles. The molecule has 0 radical (unpaired) electrons. The van der Waals surface area contributed by atoms with E-state index in [9.17, 15) is 44.7 Å². The number of nitrogens with zero attached hydrogens (tertiary/aromatic N) is 2. The summed E-state index contributed by atoms with van der Waals surface area (Å²) in [5.41, 5.74) is -2.01. The molecule has 1 aromatic carbocycles. The summed E-state index contributed by atoms with van der Waals surface area (Å²) in [5.74, 6) is -2.50. The summed E-state index contributed by atoms with van der Waals surface area (Å²) in [6.45, 7) is 12.2. The van der Waals surface area contributed by atoms with Gasteiger partial charge in [0.1, 0.15) is 23.6 Å². The molecule has 50 heavy (non-hydrogen) atoms. The highest BCUT2D eigenvalue weighted by molar-refractivity contribution is 5.94. The van der Waals surface area contributed by atoms with Gasteiger partial charge in [0.15, 0.2) is 5.60 Å². The van der Waals surface area contributed by atoms with Crippen LogP contribution in [0.5, 0.6) is 5.75 Å². The van der Waals surface area contributed by atoms with Crippen LogP contribution in [0.1, 0.15) is 68.4 Å². The van der Waals surface area contributed by atoms with E-state index >= 15 is 0 Å². The zero-order valence-electron chi connectivity index (χ0n) is 29.7. The topological polar surface area (TPSA) is 230 Å². The van der Waals surface area contributed by atoms with Crippen molar-refractivity contribution in [2.45, 2.75) is 108 Å². The first kappa shape index (κ1) is 39.2. The Hall–Kier alpha value is -3.54. The summed E-state index contributed by atoms with van der Waals surface area (Å²) in [7, 11) is 0. The van der Waals surface area contributed by atoms with Crippen LogP contribution in [0.2, 0.25) is 0 Å². The molecule has 1 spiro atoms. The van der Waals surface area contributed by atoms with Crippen LogP contribution in [0.3, 0.4) is 0 Å². The molecule has 4 rings (SSSR count). The quantitative estimate of drug-likeness (QED) is 0.155. The van der Waals surface area contributed by atoms with Gasteiger partial charge in [-0.25, -0.2) is 9.59 Å². The van der Waals surface area contributed by atoms with Crippen LogP contribution in [-0.2, 0) is 19.1 Å². The van der Waals surface area contributed by atoms with Crippen molar-refractivity contribution < 1.29 is 54.2 Å². The second-order valence-electron chi connectivity index (χ2n) is 14.9. The molecule has 16 nitrogen and oxygen atoms in total. The predicted octanol–water partition coefficient (Wildman–Crippen LogP) is -0.387. The van der Waals surface area contributed by atoms with Crippen molar-refractivity contribution >= 4 is 23.9 Å². The Morgan fingerprint density at radius 1 is 1.14 bits per heavy atom. The zero-order valence-corrected chi connectivity index (χ0v) is 29.7. The van der Waals surface area contributed by atoms with Crippen molar-refractivity contribution in [2.24, 2.45) is 0 Å². The molecule has 0 unspecified atom stereocenters. The number of piperazine rings is 1. The minimum atomic E-state index is -2.01. The molecule has 3 fully saturated rings. The number of phenolic OH excluding ortho intramolecular Hbond substituents is 1. The van der Waals surface area contributed by atoms with Gasteiger partial charge in [0, 0.05) is 71.1 Å². The maximum Gasteiger partial charge on any atom is 0.410 e. The molecule has 3 heterocycles. The highest BCUT2D eigenvalue weighted by Gasteiger charge is 2.55. The number of aromatic hydroxyl groups is 1. The van der Waals surface area contributed by atoms with Crippen molar-refractivity contribution in [1.82, 2.24) is 25.8 Å². The van der Waals surface area contributed by atoms with Crippen molar-refractivity contribution in [2.75, 3.05) is 45.8 Å². The summed E-state index contributed by atoms with van der Waals surface area (Å²) in [4.78, 5) is 54.5. The number of aliphatic hydroxyl groups excluding tert-OH is 3. The van der Waals surface area contributed by atoms with E-state index < -0.39 is 84.0 Å². The van der Waals surface area contributed by atoms with E-state index in [-0.39, 0.29) is 24.3 Å². The fraction of sp³-hybridized carbons (Fsp3) is 0.706. The maximum atomic E-state index is 13.0. The van der Waals surface area contributed by atoms with Gasteiger partial charge in [0.2, 0.25) is 5.91 Å². The minimum Gasteiger partial charge on any atom is -0.507 e. The van der Waals surface area contributed by atoms with E-state index in [4.69, 9.17) is 9.47 Å². The van der Waals surface area contributed by atoms with Gasteiger partial charge in [-0.2, -0.15) is 0 Å². The molecule has 8 N–H and O–H groups in total. The van der Waals surface area contributed by atoms with E-state index in [0.29, 0.717) is 50.3 Å². The van der Waals surface area contributed by atoms with Crippen molar-refractivity contribution in [3.8, 4) is 5.75 Å². The number of hydrogen-bond donors (Lipinski definition) is 8. The number of carbonyl (C=O) groups is 4. The number of amides is 3. The number of likely N-dealkylation sites (tertiary alicyclic amines) is 1. The summed E-state index contributed by atoms with van der Waals surface area (Å²) in [5, 5.41) is 62.6. The van der Waals surface area contributed by atoms with E-state index in [1.165, 1.54) is 19.1 Å². The van der Waals surface area contributed by atoms with Crippen LogP contribution in [0, 0.1) is 13.8 Å². The molecular weight excluding hydrogens is 654 g/mol. The molecular formula is C34H53N5O11. The number of aliphatic carboxylic acids is 1. The average molecular weight is 708 g/mol. The van der Waals surface area contributed by atoms with Crippen LogP contribution in [0.25, 0.3) is 0 Å². The van der Waals surface area contributed by atoms with Gasteiger partial charge in [-0.1, -0.05) is 0 Å². The third-order valence-corrected chi connectivity index (χ3v) is 9.84. The van der Waals surface area contributed by atoms with Crippen LogP contribution >= 0.6 is 0 Å². The molecule has 3 aliphatic heterocycles. The third-order valence-electron chi connectivity index (χ3n) is 9.84. The lowest BCUT2D eigenvalue weighted by molar-refractivity contribution is -0.230. The Morgan fingerprint density at radius 2 is 1.80 bits per heavy atom. The maximum absolute atomic E-state index is 13.0. The number of aliphatic hydroxyl groups is 3. The Balaban J connectivity index is 1.50. The normalized spacial score (nSPS) is 28.6. The van der Waals surface area contributed by atoms with E-state index in [2.05, 4.69) is 20.9 Å². The first-order valence-electron chi connectivity index (χ1n) is 17.0. The molecule has 0 aromatic heterocycles. The summed E-state index contributed by atoms with van der Waals surface area (Å²) in [6.07, 6.45) is -6.91. The Labute approximate surface area is 292 Å². The molecule has 0 bridgehead atoms. The number of phenols is 1. The Morgan fingerprint density at radius 3 is 2.40 bits per heavy atom. The Bertz CT molecular complexity index is 1410. The van der Waals surface area contributed by atoms with Crippen molar-refractivity contribution in [3.05, 3.63) is 28.8 Å². The standard InChI is InChI=1S/C34H53N5O11/c1-19-13-22(14-20(2)26(19)43)29(45)36-16-24(42)27(44)28-25(37-21(3)40)23(41)15-34(49-28,30(46)47)8-11-39-12-9-35-17-33(39)7-10-38(18-33)31(48)50-32(4,5)6/h13-14,23-25,27-28,35,41-44H,7-12,15-18H2,1-6H3,(H,36,45)(H,37,40)(H,46,47)/t23-,24+,25+,27+,28+,33+,34+/m0/s1. The summed E-state index contributed by atoms with van der Waals surface area (Å²) >= 11 is 0. The number of carboxylic acid groups (broad SMARTS) is 1. The second kappa shape index (κ2) is 15.4. The molecule has 16 heteroatoms. The molecule has 3 aliphatic rings. The number of aryl methyl sites for hydroxylation is 2. The molecule has 3 amide bonds.